The van der Waals surface area contributed by atoms with Crippen molar-refractivity contribution >= 4 is 46.4 Å². The lowest BCUT2D eigenvalue weighted by molar-refractivity contribution is -0.0749. The molecule has 0 N–H and O–H groups in total. The van der Waals surface area contributed by atoms with Gasteiger partial charge in [0.05, 0.1) is 10.1 Å². The van der Waals surface area contributed by atoms with Gasteiger partial charge in [-0.25, -0.2) is 0 Å². The van der Waals surface area contributed by atoms with E-state index in [9.17, 15) is 0 Å². The number of ether oxygens (including phenoxy) is 1. The Hall–Kier alpha value is 0.860. The van der Waals surface area contributed by atoms with Gasteiger partial charge < -0.3 is 4.74 Å². The minimum absolute atomic E-state index is 0.302. The lowest BCUT2D eigenvalue weighted by atomic mass is 9.98. The van der Waals surface area contributed by atoms with Crippen LogP contribution in [0.4, 0.5) is 0 Å². The van der Waals surface area contributed by atoms with E-state index in [4.69, 9.17) is 51.1 Å². The number of rotatable bonds is 0. The molecule has 0 aromatic rings. The third kappa shape index (κ3) is 1.20. The third-order valence-corrected chi connectivity index (χ3v) is 5.66. The van der Waals surface area contributed by atoms with Crippen LogP contribution >= 0.6 is 46.4 Å². The molecular formula is C9H10Cl4O. The molecule has 5 heteroatoms. The number of hydrogen-bond donors (Lipinski definition) is 0. The van der Waals surface area contributed by atoms with Gasteiger partial charge in [-0.05, 0) is 26.7 Å². The van der Waals surface area contributed by atoms with E-state index in [1.165, 1.54) is 0 Å². The van der Waals surface area contributed by atoms with Crippen LogP contribution in [0, 0.1) is 0 Å². The summed E-state index contributed by atoms with van der Waals surface area (Å²) < 4.78 is 4.60. The second-order valence-corrected chi connectivity index (χ2v) is 6.35. The summed E-state index contributed by atoms with van der Waals surface area (Å²) in [5.41, 5.74) is -1.15. The highest BCUT2D eigenvalue weighted by molar-refractivity contribution is 6.58. The summed E-state index contributed by atoms with van der Waals surface area (Å²) in [7, 11) is 0. The van der Waals surface area contributed by atoms with Gasteiger partial charge in [-0.3, -0.25) is 0 Å². The van der Waals surface area contributed by atoms with Crippen LogP contribution in [0.5, 0.6) is 0 Å². The summed E-state index contributed by atoms with van der Waals surface area (Å²) >= 11 is 24.5. The molecule has 0 aliphatic carbocycles. The van der Waals surface area contributed by atoms with Crippen LogP contribution in [-0.2, 0) is 4.74 Å². The smallest absolute Gasteiger partial charge is 0.183 e. The van der Waals surface area contributed by atoms with Gasteiger partial charge in [0.15, 0.2) is 4.33 Å². The molecule has 2 unspecified atom stereocenters. The molecular weight excluding hydrogens is 266 g/mol. The number of alkyl halides is 2. The number of hydrogen-bond acceptors (Lipinski definition) is 1. The molecule has 0 saturated carbocycles. The van der Waals surface area contributed by atoms with E-state index < -0.39 is 15.5 Å². The summed E-state index contributed by atoms with van der Waals surface area (Å²) in [5, 5.41) is 0.732. The fourth-order valence-electron chi connectivity index (χ4n) is 2.05. The van der Waals surface area contributed by atoms with Crippen LogP contribution < -0.4 is 0 Å². The van der Waals surface area contributed by atoms with E-state index in [1.807, 2.05) is 13.8 Å². The maximum absolute atomic E-state index is 6.18. The van der Waals surface area contributed by atoms with Gasteiger partial charge in [-0.1, -0.05) is 46.4 Å². The van der Waals surface area contributed by atoms with E-state index >= 15 is 0 Å². The highest BCUT2D eigenvalue weighted by Gasteiger charge is 2.62. The summed E-state index contributed by atoms with van der Waals surface area (Å²) in [4.78, 5) is 0. The predicted molar refractivity (Wildman–Crippen MR) is 60.3 cm³/mol. The fourth-order valence-corrected chi connectivity index (χ4v) is 3.28. The summed E-state index contributed by atoms with van der Waals surface area (Å²) in [5.74, 6) is 0. The maximum atomic E-state index is 6.18. The molecule has 0 aromatic carbocycles. The molecule has 0 radical (unpaired) electrons. The molecule has 0 spiro atoms. The quantitative estimate of drug-likeness (QED) is 0.603. The van der Waals surface area contributed by atoms with Crippen molar-refractivity contribution < 1.29 is 4.74 Å². The van der Waals surface area contributed by atoms with Gasteiger partial charge in [0.25, 0.3) is 0 Å². The first-order valence-electron chi connectivity index (χ1n) is 4.37. The van der Waals surface area contributed by atoms with Gasteiger partial charge in [-0.2, -0.15) is 0 Å². The Balaban J connectivity index is 2.61. The van der Waals surface area contributed by atoms with Gasteiger partial charge in [0, 0.05) is 0 Å². The molecule has 2 bridgehead atoms. The van der Waals surface area contributed by atoms with Crippen molar-refractivity contribution in [2.24, 2.45) is 0 Å². The number of fused-ring (bicyclic) bond motifs is 2. The normalized spacial score (nSPS) is 45.9. The fraction of sp³-hybridized carbons (Fsp3) is 0.778. The molecule has 14 heavy (non-hydrogen) atoms. The van der Waals surface area contributed by atoms with Crippen molar-refractivity contribution in [3.8, 4) is 0 Å². The first kappa shape index (κ1) is 11.3. The molecule has 0 aromatic heterocycles. The average Bonchev–Trinajstić information content (AvgIpc) is 2.40. The van der Waals surface area contributed by atoms with E-state index in [-0.39, 0.29) is 0 Å². The Morgan fingerprint density at radius 1 is 1.07 bits per heavy atom. The molecule has 1 saturated heterocycles. The second-order valence-electron chi connectivity index (χ2n) is 4.27. The van der Waals surface area contributed by atoms with Crippen molar-refractivity contribution in [1.29, 1.82) is 0 Å². The van der Waals surface area contributed by atoms with Gasteiger partial charge in [0.2, 0.25) is 0 Å². The van der Waals surface area contributed by atoms with Crippen LogP contribution in [0.2, 0.25) is 0 Å². The molecule has 2 heterocycles. The molecule has 1 nitrogen and oxygen atoms in total. The van der Waals surface area contributed by atoms with E-state index in [1.54, 1.807) is 0 Å². The Morgan fingerprint density at radius 2 is 1.64 bits per heavy atom. The SMILES string of the molecule is CC12CCC(C)(O1)C(Cl)(Cl)C(Cl)=C2Cl. The van der Waals surface area contributed by atoms with E-state index in [2.05, 4.69) is 0 Å². The average molecular weight is 276 g/mol. The molecule has 2 atom stereocenters. The second kappa shape index (κ2) is 2.95. The lowest BCUT2D eigenvalue weighted by Gasteiger charge is -2.43. The van der Waals surface area contributed by atoms with E-state index in [0.717, 1.165) is 12.8 Å². The van der Waals surface area contributed by atoms with Crippen LogP contribution in [-0.4, -0.2) is 15.5 Å². The largest absolute Gasteiger partial charge is 0.360 e. The standard InChI is InChI=1S/C9H10Cl4O/c1-7-3-4-8(2,14-7)9(12,13)6(11)5(7)10/h3-4H2,1-2H3. The highest BCUT2D eigenvalue weighted by Crippen LogP contribution is 2.61. The topological polar surface area (TPSA) is 9.23 Å². The summed E-state index contributed by atoms with van der Waals surface area (Å²) in [6.45, 7) is 3.77. The van der Waals surface area contributed by atoms with Crippen molar-refractivity contribution in [1.82, 2.24) is 0 Å². The Morgan fingerprint density at radius 3 is 2.21 bits per heavy atom. The zero-order chi connectivity index (χ0) is 10.8. The van der Waals surface area contributed by atoms with Crippen molar-refractivity contribution in [3.05, 3.63) is 10.1 Å². The van der Waals surface area contributed by atoms with Gasteiger partial charge in [-0.15, -0.1) is 0 Å². The van der Waals surface area contributed by atoms with Gasteiger partial charge in [0.1, 0.15) is 11.2 Å². The zero-order valence-electron chi connectivity index (χ0n) is 7.83. The molecule has 80 valence electrons. The van der Waals surface area contributed by atoms with Crippen molar-refractivity contribution in [3.63, 3.8) is 0 Å². The minimum Gasteiger partial charge on any atom is -0.360 e. The molecule has 2 aliphatic rings. The molecule has 2 rings (SSSR count). The Labute approximate surface area is 103 Å². The molecule has 0 amide bonds. The van der Waals surface area contributed by atoms with Gasteiger partial charge >= 0.3 is 0 Å². The van der Waals surface area contributed by atoms with Crippen LogP contribution in [0.25, 0.3) is 0 Å². The first-order valence-corrected chi connectivity index (χ1v) is 5.88. The van der Waals surface area contributed by atoms with Crippen molar-refractivity contribution in [2.75, 3.05) is 0 Å². The maximum Gasteiger partial charge on any atom is 0.183 e. The van der Waals surface area contributed by atoms with Crippen LogP contribution in [0.1, 0.15) is 26.7 Å². The third-order valence-electron chi connectivity index (χ3n) is 3.13. The van der Waals surface area contributed by atoms with Crippen LogP contribution in [0.3, 0.4) is 0 Å². The lowest BCUT2D eigenvalue weighted by Crippen LogP contribution is -2.50. The minimum atomic E-state index is -1.23. The highest BCUT2D eigenvalue weighted by atomic mass is 35.5. The molecule has 1 fully saturated rings. The predicted octanol–water partition coefficient (Wildman–Crippen LogP) is 4.19. The van der Waals surface area contributed by atoms with E-state index in [0.29, 0.717) is 10.1 Å². The number of halogens is 4. The zero-order valence-corrected chi connectivity index (χ0v) is 10.9. The Kier molecular flexibility index (Phi) is 2.39. The first-order chi connectivity index (χ1) is 6.23. The summed E-state index contributed by atoms with van der Waals surface area (Å²) in [6, 6.07) is 0. The monoisotopic (exact) mass is 274 g/mol. The van der Waals surface area contributed by atoms with Crippen LogP contribution in [0.15, 0.2) is 10.1 Å². The Bertz CT molecular complexity index is 325. The van der Waals surface area contributed by atoms with Crippen molar-refractivity contribution in [2.45, 2.75) is 42.2 Å². The molecule has 2 aliphatic heterocycles. The summed E-state index contributed by atoms with van der Waals surface area (Å²) in [6.07, 6.45) is 1.54.